The van der Waals surface area contributed by atoms with E-state index in [0.717, 1.165) is 12.0 Å². The van der Waals surface area contributed by atoms with Gasteiger partial charge in [0, 0.05) is 13.5 Å². The highest BCUT2D eigenvalue weighted by Gasteiger charge is 2.46. The van der Waals surface area contributed by atoms with Gasteiger partial charge in [-0.15, -0.1) is 0 Å². The summed E-state index contributed by atoms with van der Waals surface area (Å²) in [6.07, 6.45) is 4.89. The molecule has 2 atom stereocenters. The fraction of sp³-hybridized carbons (Fsp3) is 0.571. The third kappa shape index (κ3) is 2.99. The molecule has 0 N–H and O–H groups in total. The lowest BCUT2D eigenvalue weighted by Crippen LogP contribution is -2.40. The molecular formula is C14H19NO3. The molecule has 98 valence electrons. The van der Waals surface area contributed by atoms with Crippen molar-refractivity contribution in [3.63, 3.8) is 0 Å². The number of rotatable bonds is 4. The summed E-state index contributed by atoms with van der Waals surface area (Å²) in [7, 11) is 1.59. The molecule has 0 radical (unpaired) electrons. The Hall–Kier alpha value is -1.60. The summed E-state index contributed by atoms with van der Waals surface area (Å²) in [4.78, 5) is 12.0. The van der Waals surface area contributed by atoms with E-state index in [2.05, 4.69) is 12.6 Å². The molecule has 0 aliphatic heterocycles. The molecule has 1 saturated carbocycles. The summed E-state index contributed by atoms with van der Waals surface area (Å²) < 4.78 is 10.3. The topological polar surface area (TPSA) is 59.3 Å². The maximum absolute atomic E-state index is 12.0. The Labute approximate surface area is 108 Å². The Balaban J connectivity index is 3.02. The SMILES string of the molecule is C=C/C=C1\CC(OC)CC(C#N)(C(=O)OCC)C1. The van der Waals surface area contributed by atoms with Gasteiger partial charge in [-0.3, -0.25) is 4.79 Å². The van der Waals surface area contributed by atoms with Crippen LogP contribution in [-0.4, -0.2) is 25.8 Å². The molecule has 0 heterocycles. The van der Waals surface area contributed by atoms with Crippen LogP contribution >= 0.6 is 0 Å². The van der Waals surface area contributed by atoms with E-state index in [9.17, 15) is 10.1 Å². The van der Waals surface area contributed by atoms with Crippen molar-refractivity contribution in [2.45, 2.75) is 32.3 Å². The predicted molar refractivity (Wildman–Crippen MR) is 67.6 cm³/mol. The van der Waals surface area contributed by atoms with Gasteiger partial charge in [-0.05, 0) is 19.8 Å². The summed E-state index contributed by atoms with van der Waals surface area (Å²) in [5.74, 6) is -0.454. The molecule has 0 aromatic heterocycles. The second-order valence-electron chi connectivity index (χ2n) is 4.42. The summed E-state index contributed by atoms with van der Waals surface area (Å²) in [6.45, 7) is 5.66. The first kappa shape index (κ1) is 14.5. The molecule has 0 spiro atoms. The van der Waals surface area contributed by atoms with Gasteiger partial charge in [0.2, 0.25) is 0 Å². The first-order valence-corrected chi connectivity index (χ1v) is 6.03. The molecule has 1 aliphatic rings. The number of carbonyl (C=O) groups is 1. The third-order valence-electron chi connectivity index (χ3n) is 3.16. The minimum Gasteiger partial charge on any atom is -0.465 e. The van der Waals surface area contributed by atoms with Crippen molar-refractivity contribution >= 4 is 5.97 Å². The van der Waals surface area contributed by atoms with Crippen LogP contribution in [0.25, 0.3) is 0 Å². The highest BCUT2D eigenvalue weighted by Crippen LogP contribution is 2.41. The van der Waals surface area contributed by atoms with Gasteiger partial charge >= 0.3 is 5.97 Å². The van der Waals surface area contributed by atoms with Crippen LogP contribution in [0.3, 0.4) is 0 Å². The fourth-order valence-electron chi connectivity index (χ4n) is 2.30. The molecule has 0 saturated heterocycles. The number of hydrogen-bond donors (Lipinski definition) is 0. The predicted octanol–water partition coefficient (Wildman–Crippen LogP) is 2.37. The van der Waals surface area contributed by atoms with E-state index in [0.29, 0.717) is 12.8 Å². The molecule has 1 aliphatic carbocycles. The van der Waals surface area contributed by atoms with E-state index in [1.807, 2.05) is 6.08 Å². The van der Waals surface area contributed by atoms with Crippen LogP contribution in [0.4, 0.5) is 0 Å². The number of nitrogens with zero attached hydrogens (tertiary/aromatic N) is 1. The smallest absolute Gasteiger partial charge is 0.326 e. The van der Waals surface area contributed by atoms with Crippen LogP contribution in [-0.2, 0) is 14.3 Å². The molecule has 0 aromatic carbocycles. The molecule has 0 amide bonds. The minimum atomic E-state index is -1.12. The van der Waals surface area contributed by atoms with Crippen molar-refractivity contribution in [3.05, 3.63) is 24.3 Å². The summed E-state index contributed by atoms with van der Waals surface area (Å²) >= 11 is 0. The van der Waals surface area contributed by atoms with E-state index in [-0.39, 0.29) is 12.7 Å². The number of ether oxygens (including phenoxy) is 2. The highest BCUT2D eigenvalue weighted by atomic mass is 16.5. The zero-order valence-corrected chi connectivity index (χ0v) is 10.9. The summed E-state index contributed by atoms with van der Waals surface area (Å²) in [5.41, 5.74) is -0.123. The van der Waals surface area contributed by atoms with E-state index in [1.165, 1.54) is 0 Å². The van der Waals surface area contributed by atoms with E-state index < -0.39 is 11.4 Å². The zero-order valence-electron chi connectivity index (χ0n) is 10.9. The lowest BCUT2D eigenvalue weighted by Gasteiger charge is -2.34. The van der Waals surface area contributed by atoms with E-state index in [4.69, 9.17) is 9.47 Å². The summed E-state index contributed by atoms with van der Waals surface area (Å²) in [5, 5.41) is 9.38. The standard InChI is InChI=1S/C14H19NO3/c1-4-6-11-7-12(17-3)9-14(8-11,10-15)13(16)18-5-2/h4,6,12H,1,5,7-9H2,2-3H3/b11-6+. The lowest BCUT2D eigenvalue weighted by molar-refractivity contribution is -0.154. The van der Waals surface area contributed by atoms with Gasteiger partial charge in [0.05, 0.1) is 18.8 Å². The molecule has 4 heteroatoms. The van der Waals surface area contributed by atoms with Gasteiger partial charge < -0.3 is 9.47 Å². The Morgan fingerprint density at radius 3 is 2.94 bits per heavy atom. The Kier molecular flexibility index (Phi) is 5.11. The lowest BCUT2D eigenvalue weighted by atomic mass is 9.71. The number of allylic oxidation sites excluding steroid dienone is 2. The number of nitriles is 1. The van der Waals surface area contributed by atoms with Crippen LogP contribution in [0.5, 0.6) is 0 Å². The molecule has 1 fully saturated rings. The monoisotopic (exact) mass is 249 g/mol. The minimum absolute atomic E-state index is 0.131. The van der Waals surface area contributed by atoms with Crippen LogP contribution in [0.1, 0.15) is 26.2 Å². The van der Waals surface area contributed by atoms with E-state index >= 15 is 0 Å². The Morgan fingerprint density at radius 2 is 2.44 bits per heavy atom. The van der Waals surface area contributed by atoms with Crippen molar-refractivity contribution < 1.29 is 14.3 Å². The molecule has 4 nitrogen and oxygen atoms in total. The maximum Gasteiger partial charge on any atom is 0.326 e. The molecule has 2 unspecified atom stereocenters. The van der Waals surface area contributed by atoms with Crippen LogP contribution in [0, 0.1) is 16.7 Å². The number of hydrogen-bond acceptors (Lipinski definition) is 4. The van der Waals surface area contributed by atoms with Gasteiger partial charge in [-0.25, -0.2) is 0 Å². The quantitative estimate of drug-likeness (QED) is 0.718. The zero-order chi connectivity index (χ0) is 13.6. The van der Waals surface area contributed by atoms with Crippen molar-refractivity contribution in [1.82, 2.24) is 0 Å². The molecule has 1 rings (SSSR count). The van der Waals surface area contributed by atoms with Crippen LogP contribution in [0.15, 0.2) is 24.3 Å². The van der Waals surface area contributed by atoms with Gasteiger partial charge in [-0.1, -0.05) is 24.3 Å². The largest absolute Gasteiger partial charge is 0.465 e. The first-order valence-electron chi connectivity index (χ1n) is 6.03. The number of carbonyl (C=O) groups excluding carboxylic acids is 1. The van der Waals surface area contributed by atoms with Crippen molar-refractivity contribution in [3.8, 4) is 6.07 Å². The van der Waals surface area contributed by atoms with E-state index in [1.54, 1.807) is 20.1 Å². The summed E-state index contributed by atoms with van der Waals surface area (Å²) in [6, 6.07) is 2.13. The number of methoxy groups -OCH3 is 1. The number of esters is 1. The van der Waals surface area contributed by atoms with Crippen molar-refractivity contribution in [2.24, 2.45) is 5.41 Å². The van der Waals surface area contributed by atoms with Crippen LogP contribution < -0.4 is 0 Å². The normalized spacial score (nSPS) is 29.6. The van der Waals surface area contributed by atoms with Gasteiger partial charge in [-0.2, -0.15) is 5.26 Å². The highest BCUT2D eigenvalue weighted by molar-refractivity contribution is 5.81. The molecule has 18 heavy (non-hydrogen) atoms. The van der Waals surface area contributed by atoms with Crippen molar-refractivity contribution in [1.29, 1.82) is 5.26 Å². The molecule has 0 bridgehead atoms. The average Bonchev–Trinajstić information content (AvgIpc) is 2.38. The fourth-order valence-corrected chi connectivity index (χ4v) is 2.30. The van der Waals surface area contributed by atoms with Gasteiger partial charge in [0.25, 0.3) is 0 Å². The second kappa shape index (κ2) is 6.36. The van der Waals surface area contributed by atoms with Gasteiger partial charge in [0.1, 0.15) is 0 Å². The molecular weight excluding hydrogens is 230 g/mol. The average molecular weight is 249 g/mol. The van der Waals surface area contributed by atoms with Crippen molar-refractivity contribution in [2.75, 3.05) is 13.7 Å². The van der Waals surface area contributed by atoms with Gasteiger partial charge in [0.15, 0.2) is 5.41 Å². The Bertz CT molecular complexity index is 394. The van der Waals surface area contributed by atoms with Crippen LogP contribution in [0.2, 0.25) is 0 Å². The first-order chi connectivity index (χ1) is 8.61. The molecule has 0 aromatic rings. The maximum atomic E-state index is 12.0. The Morgan fingerprint density at radius 1 is 1.72 bits per heavy atom. The second-order valence-corrected chi connectivity index (χ2v) is 4.42. The third-order valence-corrected chi connectivity index (χ3v) is 3.16.